The summed E-state index contributed by atoms with van der Waals surface area (Å²) in [4.78, 5) is 28.6. The largest absolute Gasteiger partial charge is 0.444 e. The summed E-state index contributed by atoms with van der Waals surface area (Å²) in [6.45, 7) is 5.46. The van der Waals surface area contributed by atoms with E-state index in [1.165, 1.54) is 11.8 Å². The number of oxazole rings is 1. The Morgan fingerprint density at radius 2 is 1.84 bits per heavy atom. The van der Waals surface area contributed by atoms with Crippen molar-refractivity contribution in [2.45, 2.75) is 44.2 Å². The second-order valence-corrected chi connectivity index (χ2v) is 11.5. The van der Waals surface area contributed by atoms with Gasteiger partial charge in [0, 0.05) is 43.5 Å². The molecular weight excluding hydrogens is 502 g/mol. The molecule has 1 aliphatic rings. The van der Waals surface area contributed by atoms with Gasteiger partial charge < -0.3 is 14.6 Å². The summed E-state index contributed by atoms with van der Waals surface area (Å²) < 4.78 is 29.4. The number of anilines is 1. The predicted molar refractivity (Wildman–Crippen MR) is 143 cm³/mol. The van der Waals surface area contributed by atoms with Crippen molar-refractivity contribution in [3.05, 3.63) is 89.6 Å². The van der Waals surface area contributed by atoms with Crippen molar-refractivity contribution in [1.29, 1.82) is 0 Å². The number of carbonyl (C=O) groups excluding carboxylic acids is 1. The van der Waals surface area contributed by atoms with E-state index in [9.17, 15) is 13.2 Å². The molecule has 0 aliphatic carbocycles. The lowest BCUT2D eigenvalue weighted by atomic mass is 9.87. The van der Waals surface area contributed by atoms with Crippen LogP contribution in [0, 0.1) is 0 Å². The molecule has 9 nitrogen and oxygen atoms in total. The van der Waals surface area contributed by atoms with Crippen molar-refractivity contribution in [1.82, 2.24) is 20.3 Å². The van der Waals surface area contributed by atoms with Crippen LogP contribution in [0.15, 0.2) is 76.6 Å². The summed E-state index contributed by atoms with van der Waals surface area (Å²) in [6.07, 6.45) is 7.46. The maximum atomic E-state index is 13.0. The van der Waals surface area contributed by atoms with Crippen molar-refractivity contribution in [3.8, 4) is 11.5 Å². The topological polar surface area (TPSA) is 118 Å². The molecular formula is C28H29N5O4S. The molecule has 1 N–H and O–H groups in total. The van der Waals surface area contributed by atoms with E-state index >= 15 is 0 Å². The van der Waals surface area contributed by atoms with E-state index in [4.69, 9.17) is 4.42 Å². The monoisotopic (exact) mass is 531 g/mol. The Kier molecular flexibility index (Phi) is 7.24. The number of amides is 1. The zero-order valence-electron chi connectivity index (χ0n) is 21.3. The Hall–Kier alpha value is -4.05. The number of rotatable bonds is 8. The second kappa shape index (κ2) is 10.7. The molecule has 0 bridgehead atoms. The minimum Gasteiger partial charge on any atom is -0.444 e. The van der Waals surface area contributed by atoms with Gasteiger partial charge in [0.25, 0.3) is 5.91 Å². The van der Waals surface area contributed by atoms with E-state index in [-0.39, 0.29) is 16.6 Å². The van der Waals surface area contributed by atoms with Crippen molar-refractivity contribution in [3.63, 3.8) is 0 Å². The molecule has 10 heteroatoms. The van der Waals surface area contributed by atoms with Crippen LogP contribution in [0.3, 0.4) is 0 Å². The smallest absolute Gasteiger partial charge is 0.251 e. The molecule has 2 aromatic carbocycles. The van der Waals surface area contributed by atoms with Gasteiger partial charge in [-0.3, -0.25) is 4.79 Å². The van der Waals surface area contributed by atoms with E-state index in [2.05, 4.69) is 32.1 Å². The lowest BCUT2D eigenvalue weighted by Crippen LogP contribution is -2.35. The van der Waals surface area contributed by atoms with E-state index < -0.39 is 9.84 Å². The fraction of sp³-hybridized carbons (Fsp3) is 0.286. The van der Waals surface area contributed by atoms with Gasteiger partial charge >= 0.3 is 0 Å². The van der Waals surface area contributed by atoms with Gasteiger partial charge in [-0.1, -0.05) is 32.0 Å². The Morgan fingerprint density at radius 3 is 2.50 bits per heavy atom. The van der Waals surface area contributed by atoms with Gasteiger partial charge in [0.15, 0.2) is 9.84 Å². The van der Waals surface area contributed by atoms with Crippen LogP contribution in [0.2, 0.25) is 0 Å². The van der Waals surface area contributed by atoms with E-state index in [0.29, 0.717) is 42.0 Å². The zero-order valence-corrected chi connectivity index (χ0v) is 22.1. The Bertz CT molecular complexity index is 1520. The molecule has 0 fully saturated rings. The van der Waals surface area contributed by atoms with Gasteiger partial charge in [-0.25, -0.2) is 23.4 Å². The zero-order chi connectivity index (χ0) is 26.7. The molecule has 0 spiro atoms. The SMILES string of the molecule is CC[C@H]1CN(c2ncc(-c3ncco3)cn2)Cc2cc(C(=O)NCc3ccc(S(=O)(=O)CC)cc3)ccc21. The molecule has 38 heavy (non-hydrogen) atoms. The highest BCUT2D eigenvalue weighted by Gasteiger charge is 2.27. The molecule has 0 saturated carbocycles. The summed E-state index contributed by atoms with van der Waals surface area (Å²) in [5, 5.41) is 2.94. The predicted octanol–water partition coefficient (Wildman–Crippen LogP) is 4.37. The number of carbonyl (C=O) groups is 1. The van der Waals surface area contributed by atoms with Crippen LogP contribution in [0.25, 0.3) is 11.5 Å². The molecule has 3 heterocycles. The van der Waals surface area contributed by atoms with E-state index in [1.807, 2.05) is 18.2 Å². The molecule has 0 saturated heterocycles. The number of sulfone groups is 1. The highest BCUT2D eigenvalue weighted by molar-refractivity contribution is 7.91. The van der Waals surface area contributed by atoms with Crippen LogP contribution >= 0.6 is 0 Å². The number of aromatic nitrogens is 3. The molecule has 0 unspecified atom stereocenters. The maximum absolute atomic E-state index is 13.0. The summed E-state index contributed by atoms with van der Waals surface area (Å²) in [6, 6.07) is 12.5. The quantitative estimate of drug-likeness (QED) is 0.356. The highest BCUT2D eigenvalue weighted by atomic mass is 32.2. The fourth-order valence-corrected chi connectivity index (χ4v) is 5.53. The number of nitrogens with zero attached hydrogens (tertiary/aromatic N) is 4. The van der Waals surface area contributed by atoms with Crippen molar-refractivity contribution >= 4 is 21.7 Å². The summed E-state index contributed by atoms with van der Waals surface area (Å²) in [5.74, 6) is 1.26. The third kappa shape index (κ3) is 5.31. The first-order chi connectivity index (χ1) is 18.4. The third-order valence-corrected chi connectivity index (χ3v) is 8.61. The number of benzene rings is 2. The van der Waals surface area contributed by atoms with Crippen LogP contribution in [0.4, 0.5) is 5.95 Å². The first-order valence-corrected chi connectivity index (χ1v) is 14.2. The van der Waals surface area contributed by atoms with Crippen molar-refractivity contribution in [2.75, 3.05) is 17.2 Å². The summed E-state index contributed by atoms with van der Waals surface area (Å²) in [5.41, 5.74) is 4.43. The van der Waals surface area contributed by atoms with Gasteiger partial charge in [-0.2, -0.15) is 0 Å². The fourth-order valence-electron chi connectivity index (χ4n) is 4.64. The number of hydrogen-bond donors (Lipinski definition) is 1. The Balaban J connectivity index is 1.29. The van der Waals surface area contributed by atoms with E-state index in [0.717, 1.165) is 24.1 Å². The number of fused-ring (bicyclic) bond motifs is 1. The van der Waals surface area contributed by atoms with Gasteiger partial charge in [0.1, 0.15) is 6.26 Å². The highest BCUT2D eigenvalue weighted by Crippen LogP contribution is 2.33. The lowest BCUT2D eigenvalue weighted by molar-refractivity contribution is 0.0950. The minimum absolute atomic E-state index is 0.0532. The summed E-state index contributed by atoms with van der Waals surface area (Å²) >= 11 is 0. The normalized spacial score (nSPS) is 15.2. The van der Waals surface area contributed by atoms with Gasteiger partial charge in [-0.05, 0) is 47.4 Å². The standard InChI is InChI=1S/C28H29N5O4S/c1-3-20-17-33(28-31-15-23(16-32-28)27-29-11-12-37-27)18-22-13-21(7-10-25(20)22)26(34)30-14-19-5-8-24(9-6-19)38(35,36)4-2/h5-13,15-16,20H,3-4,14,17-18H2,1-2H3,(H,30,34)/t20-/m0/s1. The average molecular weight is 532 g/mol. The Morgan fingerprint density at radius 1 is 1.08 bits per heavy atom. The number of nitrogens with one attached hydrogen (secondary N) is 1. The van der Waals surface area contributed by atoms with Crippen LogP contribution < -0.4 is 10.2 Å². The molecule has 4 aromatic rings. The van der Waals surface area contributed by atoms with E-state index in [1.54, 1.807) is 49.8 Å². The molecule has 1 amide bonds. The lowest BCUT2D eigenvalue weighted by Gasteiger charge is -2.34. The van der Waals surface area contributed by atoms with Crippen LogP contribution in [0.5, 0.6) is 0 Å². The molecule has 1 aliphatic heterocycles. The van der Waals surface area contributed by atoms with Gasteiger partial charge in [0.05, 0.1) is 22.4 Å². The second-order valence-electron chi connectivity index (χ2n) is 9.24. The van der Waals surface area contributed by atoms with Crippen LogP contribution in [0.1, 0.15) is 53.2 Å². The maximum Gasteiger partial charge on any atom is 0.251 e. The van der Waals surface area contributed by atoms with Crippen molar-refractivity contribution < 1.29 is 17.6 Å². The van der Waals surface area contributed by atoms with Gasteiger partial charge in [0.2, 0.25) is 11.8 Å². The summed E-state index contributed by atoms with van der Waals surface area (Å²) in [7, 11) is -3.25. The van der Waals surface area contributed by atoms with Crippen LogP contribution in [-0.2, 0) is 22.9 Å². The van der Waals surface area contributed by atoms with Crippen LogP contribution in [-0.4, -0.2) is 41.6 Å². The van der Waals surface area contributed by atoms with Gasteiger partial charge in [-0.15, -0.1) is 0 Å². The molecule has 0 radical (unpaired) electrons. The first-order valence-electron chi connectivity index (χ1n) is 12.6. The third-order valence-electron chi connectivity index (χ3n) is 6.86. The molecule has 5 rings (SSSR count). The van der Waals surface area contributed by atoms with Crippen molar-refractivity contribution in [2.24, 2.45) is 0 Å². The molecule has 2 aromatic heterocycles. The molecule has 1 atom stereocenters. The first kappa shape index (κ1) is 25.6. The molecule has 196 valence electrons. The average Bonchev–Trinajstić information content (AvgIpc) is 3.50. The number of hydrogen-bond acceptors (Lipinski definition) is 8. The Labute approximate surface area is 221 Å². The minimum atomic E-state index is -3.25.